The van der Waals surface area contributed by atoms with Gasteiger partial charge in [-0.05, 0) is 85.9 Å². The summed E-state index contributed by atoms with van der Waals surface area (Å²) in [7, 11) is 0. The summed E-state index contributed by atoms with van der Waals surface area (Å²) in [4.78, 5) is 55.4. The van der Waals surface area contributed by atoms with Gasteiger partial charge in [0.05, 0.1) is 29.1 Å². The van der Waals surface area contributed by atoms with Gasteiger partial charge in [-0.3, -0.25) is 14.6 Å². The number of hydrogen-bond donors (Lipinski definition) is 3. The molecule has 3 unspecified atom stereocenters. The Balaban J connectivity index is 1.63. The number of ether oxygens (including phenoxy) is 1. The maximum absolute atomic E-state index is 13.3. The summed E-state index contributed by atoms with van der Waals surface area (Å²) in [6, 6.07) is 6.13. The van der Waals surface area contributed by atoms with Gasteiger partial charge in [-0.25, -0.2) is 9.78 Å². The van der Waals surface area contributed by atoms with E-state index in [2.05, 4.69) is 56.4 Å². The number of esters is 2. The lowest BCUT2D eigenvalue weighted by molar-refractivity contribution is -0.154. The Morgan fingerprint density at radius 1 is 1.07 bits per heavy atom. The number of nitrogens with zero attached hydrogens (tertiary/aromatic N) is 2. The topological polar surface area (TPSA) is 138 Å². The first kappa shape index (κ1) is 29.0. The predicted octanol–water partition coefficient (Wildman–Crippen LogP) is 6.69. The number of nitrogens with one attached hydrogen (secondary N) is 2. The van der Waals surface area contributed by atoms with E-state index in [0.717, 1.165) is 62.9 Å². The second kappa shape index (κ2) is 10.4. The van der Waals surface area contributed by atoms with Gasteiger partial charge in [0.1, 0.15) is 0 Å². The number of carboxylic acid groups (broad SMARTS) is 1. The van der Waals surface area contributed by atoms with Gasteiger partial charge in [0, 0.05) is 57.1 Å². The molecule has 3 aliphatic heterocycles. The Bertz CT molecular complexity index is 2060. The summed E-state index contributed by atoms with van der Waals surface area (Å²) in [6.07, 6.45) is 3.36. The molecule has 0 spiro atoms. The molecule has 3 N–H and O–H groups in total. The van der Waals surface area contributed by atoms with E-state index in [4.69, 9.17) is 14.7 Å². The Hall–Kier alpha value is -4.79. The van der Waals surface area contributed by atoms with E-state index in [1.807, 2.05) is 19.1 Å². The van der Waals surface area contributed by atoms with Crippen LogP contribution < -0.4 is 0 Å². The number of aromatic nitrogens is 4. The first-order chi connectivity index (χ1) is 21.5. The van der Waals surface area contributed by atoms with E-state index in [0.29, 0.717) is 28.2 Å². The Labute approximate surface area is 260 Å². The van der Waals surface area contributed by atoms with Crippen LogP contribution in [0.2, 0.25) is 0 Å². The number of aromatic amines is 2. The summed E-state index contributed by atoms with van der Waals surface area (Å²) in [5.41, 5.74) is 12.1. The number of H-pyrrole nitrogens is 2. The molecule has 0 amide bonds. The van der Waals surface area contributed by atoms with Crippen molar-refractivity contribution in [2.24, 2.45) is 11.8 Å². The minimum absolute atomic E-state index is 0.0182. The number of carboxylic acids is 1. The van der Waals surface area contributed by atoms with Gasteiger partial charge in [0.2, 0.25) is 0 Å². The zero-order valence-corrected chi connectivity index (χ0v) is 26.1. The lowest BCUT2D eigenvalue weighted by Crippen LogP contribution is -2.13. The van der Waals surface area contributed by atoms with Crippen LogP contribution in [0.1, 0.15) is 96.0 Å². The molecule has 0 saturated heterocycles. The monoisotopic (exact) mass is 604 g/mol. The third kappa shape index (κ3) is 4.55. The Morgan fingerprint density at radius 3 is 2.51 bits per heavy atom. The van der Waals surface area contributed by atoms with Gasteiger partial charge in [-0.2, -0.15) is 0 Å². The predicted molar refractivity (Wildman–Crippen MR) is 172 cm³/mol. The van der Waals surface area contributed by atoms with Crippen molar-refractivity contribution < 1.29 is 24.2 Å². The summed E-state index contributed by atoms with van der Waals surface area (Å²) in [5, 5.41) is 9.55. The lowest BCUT2D eigenvalue weighted by Gasteiger charge is -2.18. The average Bonchev–Trinajstić information content (AvgIpc) is 3.26. The molecular weight excluding hydrogens is 568 g/mol. The minimum Gasteiger partial charge on any atom is -0.481 e. The van der Waals surface area contributed by atoms with Crippen molar-refractivity contribution in [3.8, 4) is 0 Å². The zero-order valence-electron chi connectivity index (χ0n) is 26.1. The van der Waals surface area contributed by atoms with Crippen LogP contribution in [0.3, 0.4) is 0 Å². The van der Waals surface area contributed by atoms with Crippen molar-refractivity contribution in [3.05, 3.63) is 75.4 Å². The fourth-order valence-electron chi connectivity index (χ4n) is 7.72. The molecule has 1 aliphatic carbocycles. The quantitative estimate of drug-likeness (QED) is 0.218. The number of cyclic esters (lactones) is 2. The van der Waals surface area contributed by atoms with Crippen molar-refractivity contribution in [1.29, 1.82) is 0 Å². The summed E-state index contributed by atoms with van der Waals surface area (Å²) in [5.74, 6) is -2.27. The lowest BCUT2D eigenvalue weighted by atomic mass is 9.83. The Kier molecular flexibility index (Phi) is 6.69. The molecule has 45 heavy (non-hydrogen) atoms. The Morgan fingerprint density at radius 2 is 1.80 bits per heavy atom. The second-order valence-electron chi connectivity index (χ2n) is 12.8. The molecule has 4 aliphatic rings. The molecule has 3 aromatic heterocycles. The standard InChI is InChI=1S/C36H36N4O5/c1-7-20-15(3)24-12-26-17(5)32(22-9-19(22)10-30(41)42)34(39-26)23-11-31(43)45-36(44)33-18(6)27(40-35(23)33)14-29-21(8-2)16(4)25(38-29)13-28(20)37-24/h7,12-14,17,19,22,32,37-38H,1,8-11H2,2-6H3,(H,41,42)/t17-,19?,22?,32?/m1/s1. The fourth-order valence-corrected chi connectivity index (χ4v) is 7.72. The molecule has 4 atom stereocenters. The van der Waals surface area contributed by atoms with Crippen LogP contribution in [0.25, 0.3) is 39.3 Å². The molecule has 0 radical (unpaired) electrons. The smallest absolute Gasteiger partial charge is 0.348 e. The molecule has 9 nitrogen and oxygen atoms in total. The van der Waals surface area contributed by atoms with Crippen molar-refractivity contribution in [2.75, 3.05) is 0 Å². The molecule has 230 valence electrons. The van der Waals surface area contributed by atoms with Crippen LogP contribution in [0, 0.1) is 25.7 Å². The van der Waals surface area contributed by atoms with E-state index in [1.54, 1.807) is 0 Å². The molecule has 1 saturated carbocycles. The highest BCUT2D eigenvalue weighted by Gasteiger charge is 2.50. The number of fused-ring (bicyclic) bond motifs is 8. The van der Waals surface area contributed by atoms with E-state index in [9.17, 15) is 19.5 Å². The molecule has 9 heteroatoms. The van der Waals surface area contributed by atoms with Gasteiger partial charge in [0.15, 0.2) is 0 Å². The molecular formula is C36H36N4O5. The summed E-state index contributed by atoms with van der Waals surface area (Å²) in [6.45, 7) is 14.3. The van der Waals surface area contributed by atoms with Gasteiger partial charge in [-0.15, -0.1) is 0 Å². The molecule has 3 aromatic rings. The number of carbonyl (C=O) groups excluding carboxylic acids is 2. The van der Waals surface area contributed by atoms with E-state index in [-0.39, 0.29) is 42.1 Å². The number of aryl methyl sites for hydroxylation is 3. The number of aliphatic carboxylic acids is 1. The molecule has 1 fully saturated rings. The third-order valence-electron chi connectivity index (χ3n) is 10.2. The summed E-state index contributed by atoms with van der Waals surface area (Å²) < 4.78 is 5.29. The highest BCUT2D eigenvalue weighted by molar-refractivity contribution is 6.28. The summed E-state index contributed by atoms with van der Waals surface area (Å²) >= 11 is 0. The van der Waals surface area contributed by atoms with Crippen molar-refractivity contribution in [2.45, 2.75) is 72.1 Å². The van der Waals surface area contributed by atoms with E-state index in [1.165, 1.54) is 0 Å². The van der Waals surface area contributed by atoms with Gasteiger partial charge in [-0.1, -0.05) is 26.5 Å². The minimum atomic E-state index is -0.822. The molecule has 7 rings (SSSR count). The largest absolute Gasteiger partial charge is 0.481 e. The first-order valence-corrected chi connectivity index (χ1v) is 15.6. The highest BCUT2D eigenvalue weighted by Crippen LogP contribution is 2.57. The molecule has 0 aromatic carbocycles. The van der Waals surface area contributed by atoms with E-state index >= 15 is 0 Å². The molecule has 6 heterocycles. The van der Waals surface area contributed by atoms with Crippen molar-refractivity contribution in [1.82, 2.24) is 19.9 Å². The fraction of sp³-hybridized carbons (Fsp3) is 0.361. The molecule has 8 bridgehead atoms. The second-order valence-corrected chi connectivity index (χ2v) is 12.8. The van der Waals surface area contributed by atoms with Crippen LogP contribution in [-0.2, 0) is 32.0 Å². The van der Waals surface area contributed by atoms with Crippen LogP contribution >= 0.6 is 0 Å². The number of hydrogen-bond acceptors (Lipinski definition) is 6. The van der Waals surface area contributed by atoms with Crippen molar-refractivity contribution >= 4 is 57.2 Å². The number of allylic oxidation sites excluding steroid dienone is 1. The number of rotatable bonds is 5. The number of carbonyl (C=O) groups is 3. The van der Waals surface area contributed by atoms with E-state index < -0.39 is 17.9 Å². The van der Waals surface area contributed by atoms with Crippen LogP contribution in [-0.4, -0.2) is 43.0 Å². The average molecular weight is 605 g/mol. The first-order valence-electron chi connectivity index (χ1n) is 15.6. The van der Waals surface area contributed by atoms with Crippen LogP contribution in [0.15, 0.2) is 24.8 Å². The maximum atomic E-state index is 13.3. The maximum Gasteiger partial charge on any atom is 0.348 e. The van der Waals surface area contributed by atoms with Crippen molar-refractivity contribution in [3.63, 3.8) is 0 Å². The van der Waals surface area contributed by atoms with Gasteiger partial charge < -0.3 is 19.8 Å². The SMILES string of the molecule is C=Cc1c(C)c2cc3nc(c4c5nc(cc6[nH]c(cc1[nH]2)c(C)c6CC)C(C)=C5C(=O)OC(=O)C4)C(C1CC1CC(=O)O)[C@@H]3C. The third-order valence-corrected chi connectivity index (χ3v) is 10.2. The highest BCUT2D eigenvalue weighted by atomic mass is 16.6. The zero-order chi connectivity index (χ0) is 31.9. The normalized spacial score (nSPS) is 22.3. The van der Waals surface area contributed by atoms with Crippen LogP contribution in [0.4, 0.5) is 0 Å². The van der Waals surface area contributed by atoms with Crippen LogP contribution in [0.5, 0.6) is 0 Å². The van der Waals surface area contributed by atoms with Gasteiger partial charge >= 0.3 is 17.9 Å². The van der Waals surface area contributed by atoms with Gasteiger partial charge in [0.25, 0.3) is 0 Å².